The molecule has 0 radical (unpaired) electrons. The van der Waals surface area contributed by atoms with E-state index in [1.807, 2.05) is 30.3 Å². The van der Waals surface area contributed by atoms with E-state index < -0.39 is 0 Å². The van der Waals surface area contributed by atoms with Crippen LogP contribution in [0.1, 0.15) is 75.1 Å². The van der Waals surface area contributed by atoms with Crippen molar-refractivity contribution >= 4 is 5.91 Å². The second-order valence-corrected chi connectivity index (χ2v) is 8.08. The topological polar surface area (TPSA) is 32.3 Å². The molecule has 1 aliphatic heterocycles. The molecule has 0 bridgehead atoms. The first-order chi connectivity index (χ1) is 12.2. The molecular formula is C22H34N2O. The van der Waals surface area contributed by atoms with Crippen LogP contribution in [0, 0.1) is 5.92 Å². The van der Waals surface area contributed by atoms with E-state index in [9.17, 15) is 4.79 Å². The molecule has 1 saturated carbocycles. The minimum Gasteiger partial charge on any atom is -0.349 e. The van der Waals surface area contributed by atoms with Gasteiger partial charge in [-0.1, -0.05) is 50.3 Å². The van der Waals surface area contributed by atoms with Gasteiger partial charge >= 0.3 is 0 Å². The van der Waals surface area contributed by atoms with Crippen LogP contribution >= 0.6 is 0 Å². The molecular weight excluding hydrogens is 308 g/mol. The Balaban J connectivity index is 1.37. The molecule has 1 atom stereocenters. The summed E-state index contributed by atoms with van der Waals surface area (Å²) in [7, 11) is 0. The maximum absolute atomic E-state index is 12.3. The predicted molar refractivity (Wildman–Crippen MR) is 104 cm³/mol. The molecule has 1 N–H and O–H groups in total. The number of hydrogen-bond donors (Lipinski definition) is 1. The number of nitrogens with one attached hydrogen (secondary N) is 1. The third-order valence-corrected chi connectivity index (χ3v) is 6.24. The fraction of sp³-hybridized carbons (Fsp3) is 0.682. The summed E-state index contributed by atoms with van der Waals surface area (Å²) in [6, 6.07) is 10.6. The van der Waals surface area contributed by atoms with Crippen LogP contribution in [0.4, 0.5) is 0 Å². The van der Waals surface area contributed by atoms with Crippen molar-refractivity contribution in [2.24, 2.45) is 5.92 Å². The molecule has 1 unspecified atom stereocenters. The molecule has 0 spiro atoms. The van der Waals surface area contributed by atoms with Gasteiger partial charge < -0.3 is 10.2 Å². The Morgan fingerprint density at radius 3 is 2.44 bits per heavy atom. The molecule has 2 fully saturated rings. The first kappa shape index (κ1) is 18.4. The van der Waals surface area contributed by atoms with Crippen molar-refractivity contribution in [3.63, 3.8) is 0 Å². The van der Waals surface area contributed by atoms with Gasteiger partial charge in [0, 0.05) is 30.7 Å². The molecule has 1 aromatic carbocycles. The van der Waals surface area contributed by atoms with Gasteiger partial charge in [0.25, 0.3) is 5.91 Å². The van der Waals surface area contributed by atoms with E-state index in [1.165, 1.54) is 44.9 Å². The van der Waals surface area contributed by atoms with Crippen molar-refractivity contribution in [2.45, 2.75) is 76.8 Å². The maximum Gasteiger partial charge on any atom is 0.251 e. The first-order valence-corrected chi connectivity index (χ1v) is 10.3. The number of rotatable bonds is 6. The standard InChI is InChI=1S/C22H34N2O/c1-18(12-13-19-8-4-2-5-9-19)24-16-14-21(15-17-24)23-22(25)20-10-6-3-7-11-20/h3,6-7,10-11,18-19,21H,2,4-5,8-9,12-17H2,1H3,(H,23,25). The zero-order valence-electron chi connectivity index (χ0n) is 15.8. The number of hydrogen-bond acceptors (Lipinski definition) is 2. The second kappa shape index (κ2) is 9.38. The molecule has 25 heavy (non-hydrogen) atoms. The molecule has 2 aliphatic rings. The van der Waals surface area contributed by atoms with Gasteiger partial charge in [0.15, 0.2) is 0 Å². The van der Waals surface area contributed by atoms with Gasteiger partial charge in [-0.15, -0.1) is 0 Å². The number of amides is 1. The van der Waals surface area contributed by atoms with Gasteiger partial charge in [0.05, 0.1) is 0 Å². The zero-order chi connectivity index (χ0) is 17.5. The molecule has 1 aromatic rings. The number of carbonyl (C=O) groups excluding carboxylic acids is 1. The van der Waals surface area contributed by atoms with Crippen molar-refractivity contribution in [3.05, 3.63) is 35.9 Å². The normalized spacial score (nSPS) is 21.8. The van der Waals surface area contributed by atoms with Crippen LogP contribution in [-0.4, -0.2) is 36.0 Å². The highest BCUT2D eigenvalue weighted by molar-refractivity contribution is 5.94. The fourth-order valence-corrected chi connectivity index (χ4v) is 4.48. The molecule has 0 aromatic heterocycles. The lowest BCUT2D eigenvalue weighted by Crippen LogP contribution is -2.47. The van der Waals surface area contributed by atoms with Gasteiger partial charge in [-0.05, 0) is 50.7 Å². The summed E-state index contributed by atoms with van der Waals surface area (Å²) in [6.45, 7) is 4.63. The van der Waals surface area contributed by atoms with Gasteiger partial charge in [-0.25, -0.2) is 0 Å². The number of benzene rings is 1. The smallest absolute Gasteiger partial charge is 0.251 e. The van der Waals surface area contributed by atoms with E-state index in [2.05, 4.69) is 17.1 Å². The Labute approximate surface area is 153 Å². The van der Waals surface area contributed by atoms with Crippen molar-refractivity contribution < 1.29 is 4.79 Å². The summed E-state index contributed by atoms with van der Waals surface area (Å²) < 4.78 is 0. The maximum atomic E-state index is 12.3. The molecule has 1 heterocycles. The quantitative estimate of drug-likeness (QED) is 0.817. The van der Waals surface area contributed by atoms with Crippen LogP contribution in [0.15, 0.2) is 30.3 Å². The lowest BCUT2D eigenvalue weighted by molar-refractivity contribution is 0.0889. The van der Waals surface area contributed by atoms with Crippen molar-refractivity contribution in [1.82, 2.24) is 10.2 Å². The van der Waals surface area contributed by atoms with E-state index in [0.717, 1.165) is 37.4 Å². The van der Waals surface area contributed by atoms with E-state index >= 15 is 0 Å². The van der Waals surface area contributed by atoms with E-state index in [4.69, 9.17) is 0 Å². The third-order valence-electron chi connectivity index (χ3n) is 6.24. The highest BCUT2D eigenvalue weighted by Gasteiger charge is 2.24. The Morgan fingerprint density at radius 2 is 1.76 bits per heavy atom. The lowest BCUT2D eigenvalue weighted by Gasteiger charge is -2.37. The summed E-state index contributed by atoms with van der Waals surface area (Å²) in [5, 5.41) is 3.21. The third kappa shape index (κ3) is 5.57. The Kier molecular flexibility index (Phi) is 6.92. The van der Waals surface area contributed by atoms with Crippen molar-refractivity contribution in [3.8, 4) is 0 Å². The Bertz CT molecular complexity index is 516. The Hall–Kier alpha value is -1.35. The predicted octanol–water partition coefficient (Wildman–Crippen LogP) is 4.63. The van der Waals surface area contributed by atoms with E-state index in [1.54, 1.807) is 0 Å². The van der Waals surface area contributed by atoms with Gasteiger partial charge in [0.1, 0.15) is 0 Å². The van der Waals surface area contributed by atoms with Crippen LogP contribution in [0.3, 0.4) is 0 Å². The monoisotopic (exact) mass is 342 g/mol. The van der Waals surface area contributed by atoms with Gasteiger partial charge in [-0.3, -0.25) is 4.79 Å². The van der Waals surface area contributed by atoms with Crippen LogP contribution in [-0.2, 0) is 0 Å². The molecule has 1 saturated heterocycles. The Morgan fingerprint density at radius 1 is 1.08 bits per heavy atom. The lowest BCUT2D eigenvalue weighted by atomic mass is 9.85. The summed E-state index contributed by atoms with van der Waals surface area (Å²) in [5.74, 6) is 1.06. The highest BCUT2D eigenvalue weighted by atomic mass is 16.1. The van der Waals surface area contributed by atoms with Crippen LogP contribution in [0.25, 0.3) is 0 Å². The summed E-state index contributed by atoms with van der Waals surface area (Å²) >= 11 is 0. The molecule has 3 heteroatoms. The molecule has 1 aliphatic carbocycles. The molecule has 3 nitrogen and oxygen atoms in total. The van der Waals surface area contributed by atoms with E-state index in [0.29, 0.717) is 12.1 Å². The van der Waals surface area contributed by atoms with Gasteiger partial charge in [-0.2, -0.15) is 0 Å². The molecule has 1 amide bonds. The summed E-state index contributed by atoms with van der Waals surface area (Å²) in [6.07, 6.45) is 12.2. The highest BCUT2D eigenvalue weighted by Crippen LogP contribution is 2.28. The van der Waals surface area contributed by atoms with Gasteiger partial charge in [0.2, 0.25) is 0 Å². The second-order valence-electron chi connectivity index (χ2n) is 8.08. The van der Waals surface area contributed by atoms with Crippen LogP contribution < -0.4 is 5.32 Å². The minimum atomic E-state index is 0.0735. The zero-order valence-corrected chi connectivity index (χ0v) is 15.8. The average molecular weight is 343 g/mol. The SMILES string of the molecule is CC(CCC1CCCCC1)N1CCC(NC(=O)c2ccccc2)CC1. The minimum absolute atomic E-state index is 0.0735. The van der Waals surface area contributed by atoms with Crippen LogP contribution in [0.5, 0.6) is 0 Å². The summed E-state index contributed by atoms with van der Waals surface area (Å²) in [4.78, 5) is 14.9. The molecule has 138 valence electrons. The van der Waals surface area contributed by atoms with Crippen molar-refractivity contribution in [1.29, 1.82) is 0 Å². The largest absolute Gasteiger partial charge is 0.349 e. The van der Waals surface area contributed by atoms with E-state index in [-0.39, 0.29) is 5.91 Å². The van der Waals surface area contributed by atoms with Crippen LogP contribution in [0.2, 0.25) is 0 Å². The number of nitrogens with zero attached hydrogens (tertiary/aromatic N) is 1. The number of likely N-dealkylation sites (tertiary alicyclic amines) is 1. The average Bonchev–Trinajstić information content (AvgIpc) is 2.68. The fourth-order valence-electron chi connectivity index (χ4n) is 4.48. The number of piperidine rings is 1. The first-order valence-electron chi connectivity index (χ1n) is 10.3. The summed E-state index contributed by atoms with van der Waals surface area (Å²) in [5.41, 5.74) is 0.769. The molecule has 3 rings (SSSR count). The number of carbonyl (C=O) groups is 1. The van der Waals surface area contributed by atoms with Crippen molar-refractivity contribution in [2.75, 3.05) is 13.1 Å².